The molecule has 0 aromatic heterocycles. The van der Waals surface area contributed by atoms with Gasteiger partial charge < -0.3 is 0 Å². The summed E-state index contributed by atoms with van der Waals surface area (Å²) in [5.74, 6) is -0.178. The lowest BCUT2D eigenvalue weighted by Gasteiger charge is -1.78. The van der Waals surface area contributed by atoms with E-state index in [1.54, 1.807) is 18.2 Å². The van der Waals surface area contributed by atoms with Gasteiger partial charge in [-0.25, -0.2) is 4.39 Å². The van der Waals surface area contributed by atoms with Crippen LogP contribution in [0, 0.1) is 5.82 Å². The van der Waals surface area contributed by atoms with Gasteiger partial charge in [-0.05, 0) is 23.1 Å². The van der Waals surface area contributed by atoms with E-state index in [1.165, 1.54) is 12.1 Å². The van der Waals surface area contributed by atoms with Crippen molar-refractivity contribution >= 4 is 11.0 Å². The van der Waals surface area contributed by atoms with Gasteiger partial charge in [0.25, 0.3) is 0 Å². The number of hydrogen-bond donors (Lipinski definition) is 0. The molecule has 0 fully saturated rings. The largest absolute Gasteiger partial charge is 0.207 e. The smallest absolute Gasteiger partial charge is 0.123 e. The summed E-state index contributed by atoms with van der Waals surface area (Å²) in [5, 5.41) is 0. The number of benzene rings is 1. The van der Waals surface area contributed by atoms with Gasteiger partial charge in [-0.3, -0.25) is 0 Å². The maximum Gasteiger partial charge on any atom is 0.123 e. The van der Waals surface area contributed by atoms with Crippen LogP contribution in [0.15, 0.2) is 30.3 Å². The van der Waals surface area contributed by atoms with Crippen molar-refractivity contribution in [1.82, 2.24) is 0 Å². The van der Waals surface area contributed by atoms with E-state index in [9.17, 15) is 4.39 Å². The number of hydrogen-bond acceptors (Lipinski definition) is 0. The lowest BCUT2D eigenvalue weighted by molar-refractivity contribution is 0.628. The third kappa shape index (κ3) is 1.89. The Balaban J connectivity index is 0.000000490. The second-order valence-electron chi connectivity index (χ2n) is 1.30. The average Bonchev–Trinajstić information content (AvgIpc) is 1.69. The van der Waals surface area contributed by atoms with Crippen molar-refractivity contribution in [1.29, 1.82) is 0 Å². The highest BCUT2D eigenvalue weighted by Gasteiger charge is 1.77. The molecule has 0 aliphatic rings. The van der Waals surface area contributed by atoms with Gasteiger partial charge in [-0.1, -0.05) is 18.2 Å². The van der Waals surface area contributed by atoms with Crippen LogP contribution >= 0.6 is 0 Å². The Morgan fingerprint density at radius 3 is 1.75 bits per heavy atom. The van der Waals surface area contributed by atoms with E-state index < -0.39 is 0 Å². The van der Waals surface area contributed by atoms with Gasteiger partial charge in [0.2, 0.25) is 0 Å². The van der Waals surface area contributed by atoms with Crippen LogP contribution in [-0.2, 0) is 0 Å². The quantitative estimate of drug-likeness (QED) is 0.443. The third-order valence-corrected chi connectivity index (χ3v) is 0.733. The molecule has 0 N–H and O–H groups in total. The molecule has 8 heavy (non-hydrogen) atoms. The molecule has 1 aromatic carbocycles. The van der Waals surface area contributed by atoms with Crippen LogP contribution in [0.25, 0.3) is 0 Å². The van der Waals surface area contributed by atoms with E-state index in [1.807, 2.05) is 0 Å². The zero-order valence-electron chi connectivity index (χ0n) is 3.76. The Morgan fingerprint density at radius 1 is 1.00 bits per heavy atom. The van der Waals surface area contributed by atoms with Crippen LogP contribution in [0.1, 0.15) is 0 Å². The highest BCUT2D eigenvalue weighted by atomic mass is 28.1. The zero-order chi connectivity index (χ0) is 5.11. The first-order valence-electron chi connectivity index (χ1n) is 2.10. The first-order valence-corrected chi connectivity index (χ1v) is 2.10. The molecule has 0 saturated heterocycles. The Hall–Kier alpha value is -0.633. The lowest BCUT2D eigenvalue weighted by Crippen LogP contribution is -1.63. The van der Waals surface area contributed by atoms with Crippen LogP contribution in [0.4, 0.5) is 4.39 Å². The Labute approximate surface area is 52.4 Å². The zero-order valence-corrected chi connectivity index (χ0v) is 3.76. The van der Waals surface area contributed by atoms with Gasteiger partial charge in [0.1, 0.15) is 5.82 Å². The Bertz CT molecular complexity index is 138. The maximum atomic E-state index is 11.9. The minimum atomic E-state index is -0.178. The Morgan fingerprint density at radius 2 is 1.50 bits per heavy atom. The fraction of sp³-hybridized carbons (Fsp3) is 0. The van der Waals surface area contributed by atoms with Gasteiger partial charge in [-0.15, -0.1) is 0 Å². The molecule has 0 unspecified atom stereocenters. The van der Waals surface area contributed by atoms with Crippen molar-refractivity contribution in [2.75, 3.05) is 0 Å². The van der Waals surface area contributed by atoms with E-state index in [2.05, 4.69) is 0 Å². The molecular formula is C6H9FSi. The Kier molecular flexibility index (Phi) is 3.11. The molecule has 1 rings (SSSR count). The molecule has 1 aromatic rings. The minimum Gasteiger partial charge on any atom is -0.207 e. The summed E-state index contributed by atoms with van der Waals surface area (Å²) in [4.78, 5) is 0. The second-order valence-corrected chi connectivity index (χ2v) is 1.30. The van der Waals surface area contributed by atoms with Crippen LogP contribution in [-0.4, -0.2) is 11.0 Å². The molecule has 44 valence electrons. The molecule has 0 aliphatic carbocycles. The predicted molar refractivity (Wildman–Crippen MR) is 37.7 cm³/mol. The summed E-state index contributed by atoms with van der Waals surface area (Å²) >= 11 is 0. The summed E-state index contributed by atoms with van der Waals surface area (Å²) in [6.45, 7) is 0. The number of halogens is 1. The first kappa shape index (κ1) is 7.37. The SMILES string of the molecule is Fc1ccccc1.[SiH4]. The van der Waals surface area contributed by atoms with Crippen molar-refractivity contribution in [2.45, 2.75) is 0 Å². The molecule has 0 nitrogen and oxygen atoms in total. The fourth-order valence-electron chi connectivity index (χ4n) is 0.415. The third-order valence-electron chi connectivity index (χ3n) is 0.733. The van der Waals surface area contributed by atoms with Crippen molar-refractivity contribution in [3.8, 4) is 0 Å². The summed E-state index contributed by atoms with van der Waals surface area (Å²) < 4.78 is 11.9. The molecule has 0 atom stereocenters. The van der Waals surface area contributed by atoms with Crippen LogP contribution < -0.4 is 0 Å². The first-order chi connectivity index (χ1) is 3.39. The molecule has 0 spiro atoms. The molecule has 0 bridgehead atoms. The van der Waals surface area contributed by atoms with Crippen molar-refractivity contribution in [3.63, 3.8) is 0 Å². The van der Waals surface area contributed by atoms with E-state index in [4.69, 9.17) is 0 Å². The molecule has 0 saturated carbocycles. The van der Waals surface area contributed by atoms with Crippen LogP contribution in [0.5, 0.6) is 0 Å². The summed E-state index contributed by atoms with van der Waals surface area (Å²) in [6, 6.07) is 7.94. The standard InChI is InChI=1S/C6H5F.H4Si/c7-6-4-2-1-3-5-6;/h1-5H;1H4. The number of rotatable bonds is 0. The van der Waals surface area contributed by atoms with E-state index in [0.717, 1.165) is 0 Å². The highest BCUT2D eigenvalue weighted by Crippen LogP contribution is 1.91. The van der Waals surface area contributed by atoms with Crippen LogP contribution in [0.3, 0.4) is 0 Å². The average molecular weight is 128 g/mol. The van der Waals surface area contributed by atoms with Crippen molar-refractivity contribution < 1.29 is 4.39 Å². The topological polar surface area (TPSA) is 0 Å². The van der Waals surface area contributed by atoms with Crippen molar-refractivity contribution in [2.24, 2.45) is 0 Å². The fourth-order valence-corrected chi connectivity index (χ4v) is 0.415. The van der Waals surface area contributed by atoms with E-state index in [0.29, 0.717) is 0 Å². The predicted octanol–water partition coefficient (Wildman–Crippen LogP) is 0.374. The molecule has 0 heterocycles. The summed E-state index contributed by atoms with van der Waals surface area (Å²) in [5.41, 5.74) is 0. The lowest BCUT2D eigenvalue weighted by atomic mass is 10.4. The van der Waals surface area contributed by atoms with Crippen molar-refractivity contribution in [3.05, 3.63) is 36.1 Å². The molecule has 0 amide bonds. The van der Waals surface area contributed by atoms with Gasteiger partial charge in [0.15, 0.2) is 0 Å². The highest BCUT2D eigenvalue weighted by molar-refractivity contribution is 5.75. The maximum absolute atomic E-state index is 11.9. The van der Waals surface area contributed by atoms with Gasteiger partial charge in [0.05, 0.1) is 0 Å². The van der Waals surface area contributed by atoms with Crippen LogP contribution in [0.2, 0.25) is 0 Å². The molecule has 0 aliphatic heterocycles. The summed E-state index contributed by atoms with van der Waals surface area (Å²) in [7, 11) is 0. The molecular weight excluding hydrogens is 119 g/mol. The van der Waals surface area contributed by atoms with E-state index >= 15 is 0 Å². The monoisotopic (exact) mass is 128 g/mol. The second kappa shape index (κ2) is 3.38. The summed E-state index contributed by atoms with van der Waals surface area (Å²) in [6.07, 6.45) is 0. The van der Waals surface area contributed by atoms with E-state index in [-0.39, 0.29) is 16.8 Å². The van der Waals surface area contributed by atoms with Gasteiger partial charge >= 0.3 is 0 Å². The van der Waals surface area contributed by atoms with Gasteiger partial charge in [-0.2, -0.15) is 0 Å². The van der Waals surface area contributed by atoms with Gasteiger partial charge in [0, 0.05) is 0 Å². The molecule has 0 radical (unpaired) electrons. The minimum absolute atomic E-state index is 0. The normalized spacial score (nSPS) is 7.62. The molecule has 2 heteroatoms.